The molecule has 0 bridgehead atoms. The predicted octanol–water partition coefficient (Wildman–Crippen LogP) is 8.95. The summed E-state index contributed by atoms with van der Waals surface area (Å²) in [7, 11) is 0. The van der Waals surface area contributed by atoms with E-state index in [2.05, 4.69) is 35.7 Å². The first-order valence-corrected chi connectivity index (χ1v) is 16.3. The molecule has 4 atom stereocenters. The highest BCUT2D eigenvalue weighted by atomic mass is 35.5. The number of furan rings is 1. The number of hydrogen-bond donors (Lipinski definition) is 1. The third-order valence-electron chi connectivity index (χ3n) is 8.65. The van der Waals surface area contributed by atoms with Crippen LogP contribution < -0.4 is 4.90 Å². The molecule has 4 heterocycles. The molecule has 2 saturated heterocycles. The summed E-state index contributed by atoms with van der Waals surface area (Å²) in [5.74, 6) is 2.02. The minimum absolute atomic E-state index is 0.0142. The van der Waals surface area contributed by atoms with Gasteiger partial charge in [0.2, 0.25) is 0 Å². The Kier molecular flexibility index (Phi) is 12.5. The number of halogens is 3. The monoisotopic (exact) mass is 672 g/mol. The Morgan fingerprint density at radius 2 is 1.94 bits per heavy atom. The molecule has 0 aliphatic carbocycles. The van der Waals surface area contributed by atoms with Crippen molar-refractivity contribution in [2.75, 3.05) is 24.7 Å². The van der Waals surface area contributed by atoms with Crippen LogP contribution in [0.4, 0.5) is 20.3 Å². The predicted molar refractivity (Wildman–Crippen MR) is 181 cm³/mol. The second kappa shape index (κ2) is 16.3. The van der Waals surface area contributed by atoms with Gasteiger partial charge in [0, 0.05) is 43.0 Å². The van der Waals surface area contributed by atoms with E-state index in [1.165, 1.54) is 6.42 Å². The number of fused-ring (bicyclic) bond motifs is 3. The number of aromatic nitrogens is 2. The average Bonchev–Trinajstić information content (AvgIpc) is 3.60. The van der Waals surface area contributed by atoms with Crippen molar-refractivity contribution in [2.45, 2.75) is 79.4 Å². The highest BCUT2D eigenvalue weighted by Gasteiger charge is 2.35. The summed E-state index contributed by atoms with van der Waals surface area (Å²) < 4.78 is 44.9. The van der Waals surface area contributed by atoms with Crippen LogP contribution >= 0.6 is 11.6 Å². The largest absolute Gasteiger partial charge is 0.483 e. The van der Waals surface area contributed by atoms with Crippen LogP contribution in [0.25, 0.3) is 22.1 Å². The van der Waals surface area contributed by atoms with Crippen molar-refractivity contribution in [1.29, 1.82) is 0 Å². The molecule has 9 nitrogen and oxygen atoms in total. The maximum absolute atomic E-state index is 13.7. The molecule has 12 heteroatoms. The van der Waals surface area contributed by atoms with E-state index < -0.39 is 12.2 Å². The topological polar surface area (TPSA) is 110 Å². The van der Waals surface area contributed by atoms with Gasteiger partial charge < -0.3 is 23.9 Å². The van der Waals surface area contributed by atoms with Crippen LogP contribution in [0, 0.1) is 18.8 Å². The van der Waals surface area contributed by atoms with Crippen LogP contribution in [0.15, 0.2) is 45.8 Å². The van der Waals surface area contributed by atoms with Crippen molar-refractivity contribution in [1.82, 2.24) is 9.97 Å². The first-order chi connectivity index (χ1) is 22.5. The van der Waals surface area contributed by atoms with Gasteiger partial charge >= 0.3 is 0 Å². The third-order valence-corrected chi connectivity index (χ3v) is 9.01. The second-order valence-corrected chi connectivity index (χ2v) is 12.5. The van der Waals surface area contributed by atoms with E-state index in [-0.39, 0.29) is 18.6 Å². The zero-order chi connectivity index (χ0) is 34.2. The number of nitrogens with zero attached hydrogens (tertiary/aromatic N) is 4. The number of aliphatic imine (C=N–C) groups is 1. The van der Waals surface area contributed by atoms with Gasteiger partial charge in [-0.05, 0) is 67.9 Å². The lowest BCUT2D eigenvalue weighted by atomic mass is 9.92. The summed E-state index contributed by atoms with van der Waals surface area (Å²) in [5, 5.41) is 8.26. The second-order valence-electron chi connectivity index (χ2n) is 12.1. The number of hydrogen-bond acceptors (Lipinski definition) is 8. The number of anilines is 1. The minimum atomic E-state index is -2.80. The molecule has 2 aromatic heterocycles. The lowest BCUT2D eigenvalue weighted by Crippen LogP contribution is -2.29. The van der Waals surface area contributed by atoms with Gasteiger partial charge in [0.15, 0.2) is 23.1 Å². The summed E-state index contributed by atoms with van der Waals surface area (Å²) in [6, 6.07) is 11.2. The van der Waals surface area contributed by atoms with Gasteiger partial charge in [-0.25, -0.2) is 23.7 Å². The van der Waals surface area contributed by atoms with E-state index in [0.29, 0.717) is 51.8 Å². The number of benzene rings is 2. The van der Waals surface area contributed by atoms with E-state index in [0.717, 1.165) is 48.3 Å². The van der Waals surface area contributed by atoms with Crippen LogP contribution in [0.2, 0.25) is 5.02 Å². The zero-order valence-electron chi connectivity index (χ0n) is 27.7. The van der Waals surface area contributed by atoms with Gasteiger partial charge in [0.1, 0.15) is 17.2 Å². The van der Waals surface area contributed by atoms with E-state index in [1.807, 2.05) is 56.0 Å². The number of carboxylic acid groups (broad SMARTS) is 1. The smallest absolute Gasteiger partial charge is 0.297 e. The standard InChI is InChI=1S/C27H27ClF2N4O2.C7H14O.CH2O2/c1-5-17-10-14(2)21(12-20(17)28)31-16(4)35-18-11-15(3)34(13-18)27-24-23(32-26(33-27)25(29)30)19-8-6-7-9-22(19)36-24;1-6-3-4-8-5-7(6)2;2-1-3/h6-10,12,15,18,25H,5,11,13H2,1-4H3;6-7H,3-5H2,1-2H3;1H,(H,2,3)/t15-,18+;6-,7?;/m11./s1. The summed E-state index contributed by atoms with van der Waals surface area (Å²) in [5.41, 5.74) is 4.24. The van der Waals surface area contributed by atoms with Gasteiger partial charge in [-0.15, -0.1) is 0 Å². The average molecular weight is 673 g/mol. The normalized spacial score (nSPS) is 21.3. The third kappa shape index (κ3) is 8.75. The fraction of sp³-hybridized carbons (Fsp3) is 0.486. The Hall–Kier alpha value is -3.83. The summed E-state index contributed by atoms with van der Waals surface area (Å²) in [4.78, 5) is 23.3. The maximum Gasteiger partial charge on any atom is 0.297 e. The van der Waals surface area contributed by atoms with E-state index in [9.17, 15) is 8.78 Å². The molecule has 1 unspecified atom stereocenters. The van der Waals surface area contributed by atoms with Gasteiger partial charge in [-0.3, -0.25) is 4.79 Å². The van der Waals surface area contributed by atoms with Crippen molar-refractivity contribution in [3.8, 4) is 0 Å². The number of ether oxygens (including phenoxy) is 2. The lowest BCUT2D eigenvalue weighted by molar-refractivity contribution is -0.122. The fourth-order valence-electron chi connectivity index (χ4n) is 5.79. The molecular formula is C35H43ClF2N4O5. The Bertz CT molecular complexity index is 1690. The van der Waals surface area contributed by atoms with Crippen molar-refractivity contribution in [2.24, 2.45) is 16.8 Å². The first kappa shape index (κ1) is 36.0. The van der Waals surface area contributed by atoms with Gasteiger partial charge in [0.05, 0.1) is 12.2 Å². The number of aryl methyl sites for hydroxylation is 2. The van der Waals surface area contributed by atoms with Crippen LogP contribution in [-0.2, 0) is 20.7 Å². The van der Waals surface area contributed by atoms with Crippen LogP contribution in [-0.4, -0.2) is 59.3 Å². The van der Waals surface area contributed by atoms with Crippen molar-refractivity contribution in [3.63, 3.8) is 0 Å². The summed E-state index contributed by atoms with van der Waals surface area (Å²) >= 11 is 6.38. The van der Waals surface area contributed by atoms with E-state index in [1.54, 1.807) is 6.07 Å². The molecule has 6 rings (SSSR count). The molecule has 0 saturated carbocycles. The Morgan fingerprint density at radius 1 is 1.21 bits per heavy atom. The van der Waals surface area contributed by atoms with Crippen molar-refractivity contribution >= 4 is 57.5 Å². The van der Waals surface area contributed by atoms with E-state index >= 15 is 0 Å². The molecule has 2 aliphatic heterocycles. The Morgan fingerprint density at radius 3 is 2.57 bits per heavy atom. The number of alkyl halides is 2. The molecule has 2 fully saturated rings. The molecule has 1 N–H and O–H groups in total. The van der Waals surface area contributed by atoms with E-state index in [4.69, 9.17) is 35.4 Å². The SMILES string of the molecule is CC1COCC[C@H]1C.CCc1cc(C)c(N=C(C)O[C@H]2C[C@@H](C)N(c3nc(C(F)F)nc4c3oc3ccccc34)C2)cc1Cl.O=CO. The van der Waals surface area contributed by atoms with Gasteiger partial charge in [-0.2, -0.15) is 0 Å². The molecule has 47 heavy (non-hydrogen) atoms. The van der Waals surface area contributed by atoms with Crippen molar-refractivity contribution in [3.05, 3.63) is 58.4 Å². The number of rotatable bonds is 5. The molecule has 0 radical (unpaired) electrons. The fourth-order valence-corrected chi connectivity index (χ4v) is 6.09. The molecular weight excluding hydrogens is 630 g/mol. The summed E-state index contributed by atoms with van der Waals surface area (Å²) in [6.07, 6.45) is -0.212. The lowest BCUT2D eigenvalue weighted by Gasteiger charge is -2.24. The number of carbonyl (C=O) groups is 1. The Balaban J connectivity index is 0.000000389. The Labute approximate surface area is 278 Å². The molecule has 0 amide bonds. The summed E-state index contributed by atoms with van der Waals surface area (Å²) in [6.45, 7) is 14.6. The highest BCUT2D eigenvalue weighted by molar-refractivity contribution is 6.31. The maximum atomic E-state index is 13.7. The number of para-hydroxylation sites is 1. The zero-order valence-corrected chi connectivity index (χ0v) is 28.4. The molecule has 0 spiro atoms. The highest BCUT2D eigenvalue weighted by Crippen LogP contribution is 2.37. The molecule has 254 valence electrons. The van der Waals surface area contributed by atoms with Gasteiger partial charge in [-0.1, -0.05) is 50.6 Å². The van der Waals surface area contributed by atoms with Crippen molar-refractivity contribution < 1.29 is 32.6 Å². The van der Waals surface area contributed by atoms with Gasteiger partial charge in [0.25, 0.3) is 12.9 Å². The van der Waals surface area contributed by atoms with Crippen LogP contribution in [0.5, 0.6) is 0 Å². The molecule has 2 aliphatic rings. The minimum Gasteiger partial charge on any atom is -0.483 e. The first-order valence-electron chi connectivity index (χ1n) is 15.9. The molecule has 4 aromatic rings. The van der Waals surface area contributed by atoms with Crippen LogP contribution in [0.3, 0.4) is 0 Å². The van der Waals surface area contributed by atoms with Crippen LogP contribution in [0.1, 0.15) is 70.8 Å². The quantitative estimate of drug-likeness (QED) is 0.127. The molecule has 2 aromatic carbocycles.